The van der Waals surface area contributed by atoms with E-state index in [2.05, 4.69) is 295 Å². The zero-order valence-electron chi connectivity index (χ0n) is 43.0. The van der Waals surface area contributed by atoms with E-state index in [0.29, 0.717) is 5.92 Å². The van der Waals surface area contributed by atoms with Crippen molar-refractivity contribution in [2.24, 2.45) is 5.92 Å². The molecule has 1 heterocycles. The summed E-state index contributed by atoms with van der Waals surface area (Å²) < 4.78 is 0. The van der Waals surface area contributed by atoms with Crippen LogP contribution in [0.4, 0.5) is 28.4 Å². The third-order valence-corrected chi connectivity index (χ3v) is 18.6. The lowest BCUT2D eigenvalue weighted by Crippen LogP contribution is -2.34. The maximum absolute atomic E-state index is 2.65. The molecule has 0 fully saturated rings. The minimum absolute atomic E-state index is 0.0889. The molecule has 4 unspecified atom stereocenters. The van der Waals surface area contributed by atoms with E-state index in [1.807, 2.05) is 0 Å². The highest BCUT2D eigenvalue weighted by Gasteiger charge is 2.57. The number of nitrogens with zero attached hydrogens (tertiary/aromatic N) is 2. The molecule has 0 amide bonds. The van der Waals surface area contributed by atoms with Crippen molar-refractivity contribution in [2.45, 2.75) is 29.2 Å². The molecule has 0 saturated carbocycles. The van der Waals surface area contributed by atoms with Crippen LogP contribution < -0.4 is 9.80 Å². The highest BCUT2D eigenvalue weighted by molar-refractivity contribution is 6.16. The van der Waals surface area contributed by atoms with Gasteiger partial charge in [0, 0.05) is 39.8 Å². The molecule has 11 aromatic carbocycles. The van der Waals surface area contributed by atoms with Crippen LogP contribution >= 0.6 is 0 Å². The van der Waals surface area contributed by atoms with Crippen molar-refractivity contribution in [3.63, 3.8) is 0 Å². The molecule has 0 radical (unpaired) electrons. The SMILES string of the molecule is C1=CCC(N(c2ccc3c(c2)C(c2ccccc2)(c2ccccc2)c2cc(N4c5cc6ccccc6cc5-c5cccc6cccc4c56)ccc2-3)c2ccc3c(c2)C2(c4ccccc4-3)c3ccccc3C3C=CC=CC32)C=C1. The number of fused-ring (bicyclic) bond motifs is 16. The number of benzene rings is 11. The van der Waals surface area contributed by atoms with Gasteiger partial charge in [-0.3, -0.25) is 0 Å². The molecule has 4 atom stereocenters. The molecular formula is C76H52N2. The first-order chi connectivity index (χ1) is 38.7. The number of allylic oxidation sites excluding steroid dienone is 6. The maximum atomic E-state index is 2.65. The van der Waals surface area contributed by atoms with Gasteiger partial charge in [0.15, 0.2) is 0 Å². The van der Waals surface area contributed by atoms with E-state index in [1.165, 1.54) is 122 Å². The first-order valence-corrected chi connectivity index (χ1v) is 27.8. The van der Waals surface area contributed by atoms with Crippen molar-refractivity contribution in [1.29, 1.82) is 0 Å². The summed E-state index contributed by atoms with van der Waals surface area (Å²) in [4.78, 5) is 5.19. The van der Waals surface area contributed by atoms with Crippen molar-refractivity contribution in [3.05, 3.63) is 330 Å². The second kappa shape index (κ2) is 16.5. The van der Waals surface area contributed by atoms with Gasteiger partial charge in [-0.05, 0) is 150 Å². The molecule has 11 aromatic rings. The van der Waals surface area contributed by atoms with E-state index in [0.717, 1.165) is 12.1 Å². The quantitative estimate of drug-likeness (QED) is 0.164. The second-order valence-corrected chi connectivity index (χ2v) is 22.2. The van der Waals surface area contributed by atoms with Crippen LogP contribution in [0.2, 0.25) is 0 Å². The van der Waals surface area contributed by atoms with Crippen LogP contribution in [-0.4, -0.2) is 6.04 Å². The predicted molar refractivity (Wildman–Crippen MR) is 324 cm³/mol. The highest BCUT2D eigenvalue weighted by Crippen LogP contribution is 2.66. The zero-order valence-corrected chi connectivity index (χ0v) is 43.0. The molecule has 1 spiro atoms. The lowest BCUT2D eigenvalue weighted by Gasteiger charge is -2.38. The van der Waals surface area contributed by atoms with Crippen LogP contribution in [-0.2, 0) is 10.8 Å². The predicted octanol–water partition coefficient (Wildman–Crippen LogP) is 19.0. The molecule has 5 aliphatic carbocycles. The summed E-state index contributed by atoms with van der Waals surface area (Å²) in [5.74, 6) is 0.554. The van der Waals surface area contributed by atoms with E-state index in [-0.39, 0.29) is 17.4 Å². The Morgan fingerprint density at radius 2 is 0.974 bits per heavy atom. The van der Waals surface area contributed by atoms with Crippen LogP contribution in [0.25, 0.3) is 54.9 Å². The van der Waals surface area contributed by atoms with Gasteiger partial charge in [0.05, 0.1) is 28.2 Å². The van der Waals surface area contributed by atoms with E-state index in [4.69, 9.17) is 0 Å². The Bertz CT molecular complexity index is 4420. The minimum Gasteiger partial charge on any atom is -0.334 e. The number of anilines is 5. The Hall–Kier alpha value is -9.50. The lowest BCUT2D eigenvalue weighted by molar-refractivity contribution is 0.465. The monoisotopic (exact) mass is 992 g/mol. The first kappa shape index (κ1) is 43.7. The van der Waals surface area contributed by atoms with Crippen LogP contribution in [0.3, 0.4) is 0 Å². The summed E-state index contributed by atoms with van der Waals surface area (Å²) in [6.45, 7) is 0. The van der Waals surface area contributed by atoms with Crippen molar-refractivity contribution < 1.29 is 0 Å². The molecule has 17 rings (SSSR count). The molecule has 366 valence electrons. The van der Waals surface area contributed by atoms with Crippen molar-refractivity contribution in [3.8, 4) is 33.4 Å². The Balaban J connectivity index is 0.894. The fraction of sp³-hybridized carbons (Fsp3) is 0.0789. The fourth-order valence-electron chi connectivity index (χ4n) is 15.6. The summed E-state index contributed by atoms with van der Waals surface area (Å²) >= 11 is 0. The van der Waals surface area contributed by atoms with Gasteiger partial charge in [0.1, 0.15) is 0 Å². The van der Waals surface area contributed by atoms with Gasteiger partial charge in [-0.1, -0.05) is 231 Å². The van der Waals surface area contributed by atoms with Gasteiger partial charge < -0.3 is 9.80 Å². The summed E-state index contributed by atoms with van der Waals surface area (Å²) in [5.41, 5.74) is 23.4. The Morgan fingerprint density at radius 1 is 0.385 bits per heavy atom. The molecule has 2 nitrogen and oxygen atoms in total. The number of hydrogen-bond acceptors (Lipinski definition) is 2. The van der Waals surface area contributed by atoms with Crippen molar-refractivity contribution in [1.82, 2.24) is 0 Å². The first-order valence-electron chi connectivity index (χ1n) is 27.8. The van der Waals surface area contributed by atoms with Crippen molar-refractivity contribution >= 4 is 50.0 Å². The van der Waals surface area contributed by atoms with Crippen LogP contribution in [0.15, 0.2) is 285 Å². The summed E-state index contributed by atoms with van der Waals surface area (Å²) in [5, 5.41) is 5.00. The molecule has 0 aromatic heterocycles. The topological polar surface area (TPSA) is 6.48 Å². The molecule has 1 aliphatic heterocycles. The zero-order chi connectivity index (χ0) is 51.1. The van der Waals surface area contributed by atoms with Crippen molar-refractivity contribution in [2.75, 3.05) is 9.80 Å². The molecule has 6 aliphatic rings. The molecular weight excluding hydrogens is 941 g/mol. The number of hydrogen-bond donors (Lipinski definition) is 0. The lowest BCUT2D eigenvalue weighted by atomic mass is 9.65. The van der Waals surface area contributed by atoms with Crippen LogP contribution in [0.1, 0.15) is 56.8 Å². The smallest absolute Gasteiger partial charge is 0.0715 e. The average Bonchev–Trinajstić information content (AvgIpc) is 4.00. The van der Waals surface area contributed by atoms with Crippen LogP contribution in [0.5, 0.6) is 0 Å². The van der Waals surface area contributed by atoms with Gasteiger partial charge in [0.2, 0.25) is 0 Å². The number of rotatable bonds is 6. The third-order valence-electron chi connectivity index (χ3n) is 18.6. The van der Waals surface area contributed by atoms with E-state index in [1.54, 1.807) is 0 Å². The molecule has 0 N–H and O–H groups in total. The molecule has 0 saturated heterocycles. The Labute approximate surface area is 455 Å². The summed E-state index contributed by atoms with van der Waals surface area (Å²) in [6.07, 6.45) is 19.6. The second-order valence-electron chi connectivity index (χ2n) is 22.2. The maximum Gasteiger partial charge on any atom is 0.0715 e. The van der Waals surface area contributed by atoms with Crippen LogP contribution in [0, 0.1) is 5.92 Å². The van der Waals surface area contributed by atoms with E-state index < -0.39 is 5.41 Å². The summed E-state index contributed by atoms with van der Waals surface area (Å²) in [6, 6.07) is 90.6. The normalized spacial score (nSPS) is 19.8. The summed E-state index contributed by atoms with van der Waals surface area (Å²) in [7, 11) is 0. The van der Waals surface area contributed by atoms with Gasteiger partial charge >= 0.3 is 0 Å². The van der Waals surface area contributed by atoms with E-state index >= 15 is 0 Å². The van der Waals surface area contributed by atoms with Gasteiger partial charge in [0.25, 0.3) is 0 Å². The Morgan fingerprint density at radius 3 is 1.74 bits per heavy atom. The largest absolute Gasteiger partial charge is 0.334 e. The molecule has 78 heavy (non-hydrogen) atoms. The van der Waals surface area contributed by atoms with E-state index in [9.17, 15) is 0 Å². The van der Waals surface area contributed by atoms with Gasteiger partial charge in [-0.2, -0.15) is 0 Å². The van der Waals surface area contributed by atoms with Gasteiger partial charge in [-0.15, -0.1) is 0 Å². The standard InChI is InChI=1S/C76H52N2/c1-4-24-52(25-5-1)75(53-26-6-2-7-27-53)69-46-55(39-42-62(69)63-43-40-57(48-70(63)75)78-72-37-19-23-49-22-18-33-64(74(49)72)65-44-50-20-10-11-21-51(50)45-73(65)78)77(54-28-8-3-9-29-54)56-38-41-61-60-32-14-17-36-68(60)76(71(61)47-56)66-34-15-12-30-58(66)59-31-13-16-35-67(59)76/h1-28,30-48,54,58,66H,29H2. The fourth-order valence-corrected chi connectivity index (χ4v) is 15.6. The third kappa shape index (κ3) is 5.82. The average molecular weight is 993 g/mol. The highest BCUT2D eigenvalue weighted by atomic mass is 15.2. The Kier molecular flexibility index (Phi) is 9.25. The molecule has 2 heteroatoms. The minimum atomic E-state index is -0.661. The molecule has 0 bridgehead atoms. The van der Waals surface area contributed by atoms with Gasteiger partial charge in [-0.25, -0.2) is 0 Å².